The van der Waals surface area contributed by atoms with Crippen LogP contribution in [0.25, 0.3) is 11.6 Å². The van der Waals surface area contributed by atoms with Crippen molar-refractivity contribution in [1.29, 1.82) is 5.26 Å². The summed E-state index contributed by atoms with van der Waals surface area (Å²) in [4.78, 5) is 14.5. The summed E-state index contributed by atoms with van der Waals surface area (Å²) in [5.74, 6) is 2.49. The molecule has 0 radical (unpaired) electrons. The second-order valence-electron chi connectivity index (χ2n) is 8.99. The van der Waals surface area contributed by atoms with Gasteiger partial charge in [-0.25, -0.2) is 0 Å². The number of amides is 1. The minimum atomic E-state index is -0.0734. The van der Waals surface area contributed by atoms with Gasteiger partial charge in [-0.2, -0.15) is 5.26 Å². The first kappa shape index (κ1) is 25.3. The van der Waals surface area contributed by atoms with Crippen molar-refractivity contribution < 1.29 is 14.3 Å². The summed E-state index contributed by atoms with van der Waals surface area (Å²) >= 11 is 0. The highest BCUT2D eigenvalue weighted by molar-refractivity contribution is 5.87. The van der Waals surface area contributed by atoms with Crippen LogP contribution < -0.4 is 9.47 Å². The van der Waals surface area contributed by atoms with Crippen molar-refractivity contribution in [3.8, 4) is 17.6 Å². The second-order valence-corrected chi connectivity index (χ2v) is 8.99. The van der Waals surface area contributed by atoms with Crippen LogP contribution in [0.3, 0.4) is 0 Å². The number of carbonyl (C=O) groups excluding carboxylic acids is 1. The Hall–Kier alpha value is -3.34. The molecule has 0 atom stereocenters. The molecule has 1 aromatic carbocycles. The van der Waals surface area contributed by atoms with Crippen LogP contribution in [0.1, 0.15) is 71.1 Å². The zero-order valence-corrected chi connectivity index (χ0v) is 20.9. The third-order valence-corrected chi connectivity index (χ3v) is 5.80. The molecule has 2 heterocycles. The van der Waals surface area contributed by atoms with Gasteiger partial charge in [0.1, 0.15) is 11.9 Å². The Kier molecular flexibility index (Phi) is 8.69. The van der Waals surface area contributed by atoms with Crippen LogP contribution >= 0.6 is 0 Å². The number of hydrogen-bond donors (Lipinski definition) is 0. The quantitative estimate of drug-likeness (QED) is 0.507. The minimum Gasteiger partial charge on any atom is -0.490 e. The normalized spacial score (nSPS) is 13.9. The monoisotopic (exact) mass is 465 g/mol. The Balaban J connectivity index is 1.83. The number of benzene rings is 1. The third kappa shape index (κ3) is 5.96. The molecule has 2 aromatic rings. The molecule has 34 heavy (non-hydrogen) atoms. The first-order valence-corrected chi connectivity index (χ1v) is 12.1. The Labute approximate surface area is 202 Å². The molecule has 8 nitrogen and oxygen atoms in total. The maximum Gasteiger partial charge on any atom is 0.260 e. The van der Waals surface area contributed by atoms with Gasteiger partial charge < -0.3 is 18.9 Å². The number of nitriles is 1. The molecule has 0 unspecified atom stereocenters. The topological polar surface area (TPSA) is 93.3 Å². The van der Waals surface area contributed by atoms with Crippen LogP contribution in [-0.4, -0.2) is 50.9 Å². The molecule has 0 spiro atoms. The lowest BCUT2D eigenvalue weighted by atomic mass is 10.1. The number of carbonyl (C=O) groups is 1. The molecule has 1 aliphatic rings. The van der Waals surface area contributed by atoms with Crippen LogP contribution in [-0.2, 0) is 17.8 Å². The number of ether oxygens (including phenoxy) is 2. The van der Waals surface area contributed by atoms with Gasteiger partial charge in [-0.1, -0.05) is 12.5 Å². The van der Waals surface area contributed by atoms with Crippen molar-refractivity contribution in [2.45, 2.75) is 78.9 Å². The predicted molar refractivity (Wildman–Crippen MR) is 131 cm³/mol. The fraction of sp³-hybridized carbons (Fsp3) is 0.538. The average Bonchev–Trinajstić information content (AvgIpc) is 3.04. The molecule has 0 saturated heterocycles. The Bertz CT molecular complexity index is 1060. The predicted octanol–water partition coefficient (Wildman–Crippen LogP) is 4.49. The van der Waals surface area contributed by atoms with E-state index in [0.29, 0.717) is 29.5 Å². The van der Waals surface area contributed by atoms with E-state index < -0.39 is 0 Å². The number of nitrogens with zero attached hydrogens (tertiary/aromatic N) is 5. The van der Waals surface area contributed by atoms with Gasteiger partial charge in [0, 0.05) is 25.0 Å². The van der Waals surface area contributed by atoms with Crippen LogP contribution in [0, 0.1) is 11.3 Å². The molecule has 0 aliphatic carbocycles. The fourth-order valence-electron chi connectivity index (χ4n) is 4.39. The number of fused-ring (bicyclic) bond motifs is 1. The molecule has 1 aliphatic heterocycles. The van der Waals surface area contributed by atoms with Crippen molar-refractivity contribution in [3.63, 3.8) is 0 Å². The Morgan fingerprint density at radius 1 is 1.15 bits per heavy atom. The number of aromatic nitrogens is 3. The summed E-state index contributed by atoms with van der Waals surface area (Å²) in [6, 6.07) is 7.91. The maximum absolute atomic E-state index is 12.7. The standard InChI is InChI=1S/C26H35N5O3/c1-6-33-23-15-20(11-12-22(23)34-17-25(32)31(18(2)3)19(4)5)14-21(16-27)26-29-28-24-10-8-7-9-13-30(24)26/h11-12,14-15,18-19H,6-10,13,17H2,1-5H3/b21-14+. The van der Waals surface area contributed by atoms with Gasteiger partial charge in [0.05, 0.1) is 12.2 Å². The molecule has 182 valence electrons. The summed E-state index contributed by atoms with van der Waals surface area (Å²) in [6.07, 6.45) is 5.98. The highest BCUT2D eigenvalue weighted by Crippen LogP contribution is 2.30. The van der Waals surface area contributed by atoms with E-state index in [1.54, 1.807) is 17.0 Å². The fourth-order valence-corrected chi connectivity index (χ4v) is 4.39. The first-order chi connectivity index (χ1) is 16.3. The van der Waals surface area contributed by atoms with Crippen LogP contribution in [0.2, 0.25) is 0 Å². The molecular formula is C26H35N5O3. The molecule has 0 saturated carbocycles. The van der Waals surface area contributed by atoms with Crippen LogP contribution in [0.4, 0.5) is 0 Å². The summed E-state index contributed by atoms with van der Waals surface area (Å²) in [6.45, 7) is 11.1. The summed E-state index contributed by atoms with van der Waals surface area (Å²) in [7, 11) is 0. The van der Waals surface area contributed by atoms with E-state index in [2.05, 4.69) is 20.8 Å². The number of hydrogen-bond acceptors (Lipinski definition) is 6. The van der Waals surface area contributed by atoms with Crippen molar-refractivity contribution in [1.82, 2.24) is 19.7 Å². The lowest BCUT2D eigenvalue weighted by Gasteiger charge is -2.30. The largest absolute Gasteiger partial charge is 0.490 e. The van der Waals surface area contributed by atoms with Crippen molar-refractivity contribution in [3.05, 3.63) is 35.4 Å². The van der Waals surface area contributed by atoms with E-state index in [4.69, 9.17) is 9.47 Å². The van der Waals surface area contributed by atoms with Crippen LogP contribution in [0.15, 0.2) is 18.2 Å². The summed E-state index contributed by atoms with van der Waals surface area (Å²) < 4.78 is 13.7. The van der Waals surface area contributed by atoms with Crippen LogP contribution in [0.5, 0.6) is 11.5 Å². The van der Waals surface area contributed by atoms with Gasteiger partial charge >= 0.3 is 0 Å². The highest BCUT2D eigenvalue weighted by Gasteiger charge is 2.21. The zero-order chi connectivity index (χ0) is 24.7. The van der Waals surface area contributed by atoms with Gasteiger partial charge in [-0.3, -0.25) is 4.79 Å². The first-order valence-electron chi connectivity index (χ1n) is 12.1. The van der Waals surface area contributed by atoms with E-state index in [0.717, 1.165) is 43.6 Å². The lowest BCUT2D eigenvalue weighted by Crippen LogP contribution is -2.44. The average molecular weight is 466 g/mol. The van der Waals surface area contributed by atoms with Gasteiger partial charge in [0.2, 0.25) is 0 Å². The maximum atomic E-state index is 12.7. The molecule has 1 aromatic heterocycles. The van der Waals surface area contributed by atoms with Crippen molar-refractivity contribution >= 4 is 17.6 Å². The Morgan fingerprint density at radius 3 is 2.59 bits per heavy atom. The molecule has 0 bridgehead atoms. The summed E-state index contributed by atoms with van der Waals surface area (Å²) in [5, 5.41) is 18.5. The molecule has 1 amide bonds. The number of rotatable bonds is 9. The summed E-state index contributed by atoms with van der Waals surface area (Å²) in [5.41, 5.74) is 1.24. The van der Waals surface area contributed by atoms with E-state index in [1.807, 2.05) is 46.8 Å². The number of aryl methyl sites for hydroxylation is 1. The highest BCUT2D eigenvalue weighted by atomic mass is 16.5. The van der Waals surface area contributed by atoms with E-state index in [1.165, 1.54) is 0 Å². The lowest BCUT2D eigenvalue weighted by molar-refractivity contribution is -0.137. The van der Waals surface area contributed by atoms with E-state index in [9.17, 15) is 10.1 Å². The van der Waals surface area contributed by atoms with E-state index >= 15 is 0 Å². The van der Waals surface area contributed by atoms with Crippen molar-refractivity contribution in [2.24, 2.45) is 0 Å². The van der Waals surface area contributed by atoms with Crippen molar-refractivity contribution in [2.75, 3.05) is 13.2 Å². The smallest absolute Gasteiger partial charge is 0.260 e. The third-order valence-electron chi connectivity index (χ3n) is 5.80. The zero-order valence-electron chi connectivity index (χ0n) is 20.9. The van der Waals surface area contributed by atoms with Gasteiger partial charge in [0.15, 0.2) is 23.9 Å². The molecule has 8 heteroatoms. The molecular weight excluding hydrogens is 430 g/mol. The SMILES string of the molecule is CCOc1cc(/C=C(\C#N)c2nnc3n2CCCCC3)ccc1OCC(=O)N(C(C)C)C(C)C. The van der Waals surface area contributed by atoms with Gasteiger partial charge in [-0.05, 0) is 71.2 Å². The molecule has 0 fully saturated rings. The van der Waals surface area contributed by atoms with E-state index in [-0.39, 0.29) is 24.6 Å². The minimum absolute atomic E-state index is 0.0685. The Morgan fingerprint density at radius 2 is 1.91 bits per heavy atom. The molecule has 0 N–H and O–H groups in total. The van der Waals surface area contributed by atoms with Gasteiger partial charge in [0.25, 0.3) is 5.91 Å². The van der Waals surface area contributed by atoms with Gasteiger partial charge in [-0.15, -0.1) is 10.2 Å². The number of allylic oxidation sites excluding steroid dienone is 1. The molecule has 3 rings (SSSR count). The second kappa shape index (κ2) is 11.7.